The Bertz CT molecular complexity index is 951. The molecule has 1 atom stereocenters. The van der Waals surface area contributed by atoms with Crippen LogP contribution in [-0.2, 0) is 4.79 Å². The van der Waals surface area contributed by atoms with Crippen molar-refractivity contribution in [3.05, 3.63) is 53.6 Å². The molecule has 0 saturated carbocycles. The minimum Gasteiger partial charge on any atom is -0.493 e. The number of hydrogen-bond acceptors (Lipinski definition) is 7. The second-order valence-electron chi connectivity index (χ2n) is 6.06. The van der Waals surface area contributed by atoms with Gasteiger partial charge in [0.2, 0.25) is 0 Å². The van der Waals surface area contributed by atoms with Crippen molar-refractivity contribution >= 4 is 23.9 Å². The van der Waals surface area contributed by atoms with Crippen LogP contribution in [0, 0.1) is 11.3 Å². The van der Waals surface area contributed by atoms with Crippen molar-refractivity contribution in [2.24, 2.45) is 5.73 Å². The largest absolute Gasteiger partial charge is 0.493 e. The molecule has 1 unspecified atom stereocenters. The monoisotopic (exact) mass is 432 g/mol. The summed E-state index contributed by atoms with van der Waals surface area (Å²) in [6.07, 6.45) is 1.41. The zero-order chi connectivity index (χ0) is 21.4. The second kappa shape index (κ2) is 11.7. The Morgan fingerprint density at radius 3 is 2.07 bits per heavy atom. The molecule has 0 spiro atoms. The molecule has 2 aromatic rings. The smallest absolute Gasteiger partial charge is 0.328 e. The summed E-state index contributed by atoms with van der Waals surface area (Å²) >= 11 is 0. The lowest BCUT2D eigenvalue weighted by atomic mass is 9.97. The Labute approximate surface area is 182 Å². The number of halogens is 1. The van der Waals surface area contributed by atoms with Crippen molar-refractivity contribution in [3.63, 3.8) is 0 Å². The average Bonchev–Trinajstić information content (AvgIpc) is 2.72. The molecule has 0 aliphatic heterocycles. The first-order valence-electron chi connectivity index (χ1n) is 9.01. The summed E-state index contributed by atoms with van der Waals surface area (Å²) in [7, 11) is 3.04. The fourth-order valence-corrected chi connectivity index (χ4v) is 2.64. The van der Waals surface area contributed by atoms with Crippen LogP contribution in [0.4, 0.5) is 0 Å². The highest BCUT2D eigenvalue weighted by atomic mass is 35.5. The predicted molar refractivity (Wildman–Crippen MR) is 116 cm³/mol. The van der Waals surface area contributed by atoms with Crippen molar-refractivity contribution in [2.75, 3.05) is 20.8 Å². The maximum atomic E-state index is 11.9. The molecular formula is C22H25ClN2O5. The molecule has 0 aliphatic carbocycles. The summed E-state index contributed by atoms with van der Waals surface area (Å²) in [5.41, 5.74) is 7.61. The van der Waals surface area contributed by atoms with Crippen LogP contribution < -0.4 is 24.7 Å². The van der Waals surface area contributed by atoms with E-state index in [2.05, 4.69) is 6.07 Å². The molecule has 8 heteroatoms. The van der Waals surface area contributed by atoms with E-state index in [0.717, 1.165) is 5.56 Å². The number of nitrogens with zero attached hydrogens (tertiary/aromatic N) is 1. The van der Waals surface area contributed by atoms with Gasteiger partial charge in [0.25, 0.3) is 0 Å². The van der Waals surface area contributed by atoms with Crippen molar-refractivity contribution < 1.29 is 23.7 Å². The minimum atomic E-state index is -0.784. The lowest BCUT2D eigenvalue weighted by molar-refractivity contribution is -0.135. The molecule has 30 heavy (non-hydrogen) atoms. The highest BCUT2D eigenvalue weighted by Gasteiger charge is 2.17. The van der Waals surface area contributed by atoms with Gasteiger partial charge in [-0.3, -0.25) is 0 Å². The number of benzene rings is 2. The number of hydrogen-bond donors (Lipinski definition) is 1. The summed E-state index contributed by atoms with van der Waals surface area (Å²) in [5.74, 6) is 1.16. The minimum absolute atomic E-state index is 0. The number of ether oxygens (including phenoxy) is 4. The summed E-state index contributed by atoms with van der Waals surface area (Å²) in [6.45, 7) is 3.88. The van der Waals surface area contributed by atoms with Gasteiger partial charge in [-0.1, -0.05) is 12.1 Å². The van der Waals surface area contributed by atoms with E-state index in [0.29, 0.717) is 35.0 Å². The van der Waals surface area contributed by atoms with E-state index in [-0.39, 0.29) is 18.2 Å². The SMILES string of the molecule is CCOc1cc(/C(=C/C#N)c2ccc(OC)c(OC(=O)C(C)N)c2)ccc1OC.Cl. The Morgan fingerprint density at radius 2 is 1.60 bits per heavy atom. The first kappa shape index (κ1) is 24.8. The average molecular weight is 433 g/mol. The van der Waals surface area contributed by atoms with Gasteiger partial charge in [0.15, 0.2) is 23.0 Å². The number of esters is 1. The Hall–Kier alpha value is -3.21. The number of rotatable bonds is 8. The van der Waals surface area contributed by atoms with E-state index < -0.39 is 12.0 Å². The normalized spacial score (nSPS) is 11.5. The van der Waals surface area contributed by atoms with E-state index in [1.165, 1.54) is 20.1 Å². The van der Waals surface area contributed by atoms with Gasteiger partial charge in [-0.05, 0) is 54.8 Å². The lowest BCUT2D eigenvalue weighted by Gasteiger charge is -2.15. The van der Waals surface area contributed by atoms with Crippen LogP contribution in [0.25, 0.3) is 5.57 Å². The van der Waals surface area contributed by atoms with Crippen LogP contribution in [0.2, 0.25) is 0 Å². The van der Waals surface area contributed by atoms with Gasteiger partial charge in [-0.25, -0.2) is 4.79 Å². The first-order chi connectivity index (χ1) is 13.9. The van der Waals surface area contributed by atoms with Gasteiger partial charge in [0.05, 0.1) is 26.9 Å². The molecule has 2 aromatic carbocycles. The van der Waals surface area contributed by atoms with E-state index >= 15 is 0 Å². The molecule has 0 radical (unpaired) electrons. The molecule has 2 rings (SSSR count). The van der Waals surface area contributed by atoms with Gasteiger partial charge >= 0.3 is 5.97 Å². The van der Waals surface area contributed by atoms with Crippen molar-refractivity contribution in [1.29, 1.82) is 5.26 Å². The third-order valence-electron chi connectivity index (χ3n) is 4.04. The number of carbonyl (C=O) groups excluding carboxylic acids is 1. The zero-order valence-electron chi connectivity index (χ0n) is 17.3. The third-order valence-corrected chi connectivity index (χ3v) is 4.04. The predicted octanol–water partition coefficient (Wildman–Crippen LogP) is 3.73. The van der Waals surface area contributed by atoms with Crippen molar-refractivity contribution in [1.82, 2.24) is 0 Å². The topological polar surface area (TPSA) is 104 Å². The molecule has 0 saturated heterocycles. The van der Waals surface area contributed by atoms with E-state index in [9.17, 15) is 10.1 Å². The summed E-state index contributed by atoms with van der Waals surface area (Å²) in [6, 6.07) is 11.7. The number of allylic oxidation sites excluding steroid dienone is 1. The van der Waals surface area contributed by atoms with Gasteiger partial charge in [-0.15, -0.1) is 12.4 Å². The summed E-state index contributed by atoms with van der Waals surface area (Å²) in [5, 5.41) is 9.31. The maximum Gasteiger partial charge on any atom is 0.328 e. The molecule has 0 aromatic heterocycles. The number of methoxy groups -OCH3 is 2. The standard InChI is InChI=1S/C22H24N2O5.ClH/c1-5-28-20-12-15(6-8-18(20)26-3)17(10-11-23)16-7-9-19(27-4)21(13-16)29-22(25)14(2)24;/h6-10,12-14H,5,24H2,1-4H3;1H/b17-10-;. The Kier molecular flexibility index (Phi) is 9.69. The van der Waals surface area contributed by atoms with Crippen LogP contribution in [0.5, 0.6) is 23.0 Å². The molecular weight excluding hydrogens is 408 g/mol. The Morgan fingerprint density at radius 1 is 1.07 bits per heavy atom. The molecule has 0 aliphatic rings. The molecule has 0 heterocycles. The van der Waals surface area contributed by atoms with Crippen molar-refractivity contribution in [3.8, 4) is 29.1 Å². The number of nitriles is 1. The quantitative estimate of drug-likeness (QED) is 0.385. The maximum absolute atomic E-state index is 11.9. The highest BCUT2D eigenvalue weighted by molar-refractivity contribution is 5.85. The van der Waals surface area contributed by atoms with Gasteiger partial charge in [0, 0.05) is 6.08 Å². The second-order valence-corrected chi connectivity index (χ2v) is 6.06. The molecule has 0 fully saturated rings. The number of nitrogens with two attached hydrogens (primary N) is 1. The van der Waals surface area contributed by atoms with E-state index in [1.54, 1.807) is 37.4 Å². The molecule has 0 bridgehead atoms. The highest BCUT2D eigenvalue weighted by Crippen LogP contribution is 2.36. The Balaban J connectivity index is 0.00000450. The van der Waals surface area contributed by atoms with Gasteiger partial charge in [-0.2, -0.15) is 5.26 Å². The summed E-state index contributed by atoms with van der Waals surface area (Å²) < 4.78 is 21.6. The fraction of sp³-hybridized carbons (Fsp3) is 0.273. The fourth-order valence-electron chi connectivity index (χ4n) is 2.64. The van der Waals surface area contributed by atoms with Gasteiger partial charge < -0.3 is 24.7 Å². The van der Waals surface area contributed by atoms with E-state index in [1.807, 2.05) is 13.0 Å². The third kappa shape index (κ3) is 5.89. The van der Waals surface area contributed by atoms with Crippen LogP contribution in [-0.4, -0.2) is 32.8 Å². The van der Waals surface area contributed by atoms with E-state index in [4.69, 9.17) is 24.7 Å². The van der Waals surface area contributed by atoms with Crippen LogP contribution >= 0.6 is 12.4 Å². The molecule has 0 amide bonds. The molecule has 160 valence electrons. The molecule has 2 N–H and O–H groups in total. The number of carbonyl (C=O) groups is 1. The van der Waals surface area contributed by atoms with Gasteiger partial charge in [0.1, 0.15) is 6.04 Å². The van der Waals surface area contributed by atoms with Crippen LogP contribution in [0.15, 0.2) is 42.5 Å². The van der Waals surface area contributed by atoms with Crippen molar-refractivity contribution in [2.45, 2.75) is 19.9 Å². The molecule has 7 nitrogen and oxygen atoms in total. The zero-order valence-corrected chi connectivity index (χ0v) is 18.1. The summed E-state index contributed by atoms with van der Waals surface area (Å²) in [4.78, 5) is 11.9. The lowest BCUT2D eigenvalue weighted by Crippen LogP contribution is -2.31. The van der Waals surface area contributed by atoms with Crippen LogP contribution in [0.3, 0.4) is 0 Å². The van der Waals surface area contributed by atoms with Crippen LogP contribution in [0.1, 0.15) is 25.0 Å². The first-order valence-corrected chi connectivity index (χ1v) is 9.01.